The van der Waals surface area contributed by atoms with E-state index in [9.17, 15) is 4.39 Å². The first kappa shape index (κ1) is 9.65. The first-order valence-corrected chi connectivity index (χ1v) is 5.02. The summed E-state index contributed by atoms with van der Waals surface area (Å²) in [7, 11) is 1.81. The summed E-state index contributed by atoms with van der Waals surface area (Å²) in [5, 5.41) is 7.20. The number of hydrogen-bond donors (Lipinski definition) is 1. The fourth-order valence-electron chi connectivity index (χ4n) is 2.02. The van der Waals surface area contributed by atoms with E-state index in [4.69, 9.17) is 0 Å². The highest BCUT2D eigenvalue weighted by molar-refractivity contribution is 5.18. The highest BCUT2D eigenvalue weighted by atomic mass is 19.1. The third-order valence-corrected chi connectivity index (χ3v) is 2.98. The topological polar surface area (TPSA) is 29.9 Å². The van der Waals surface area contributed by atoms with Crippen LogP contribution in [0.5, 0.6) is 0 Å². The second-order valence-electron chi connectivity index (χ2n) is 4.13. The van der Waals surface area contributed by atoms with Crippen molar-refractivity contribution in [3.63, 3.8) is 0 Å². The Morgan fingerprint density at radius 1 is 1.71 bits per heavy atom. The van der Waals surface area contributed by atoms with Crippen molar-refractivity contribution < 1.29 is 4.39 Å². The molecule has 2 rings (SSSR count). The molecule has 0 bridgehead atoms. The lowest BCUT2D eigenvalue weighted by atomic mass is 9.91. The Morgan fingerprint density at radius 2 is 2.50 bits per heavy atom. The standard InChI is InChI=1S/C10H16FN3/c1-10(11,9-4-3-5-12-9)8-6-13-14(2)7-8/h6-7,9,12H,3-5H2,1-2H3. The summed E-state index contributed by atoms with van der Waals surface area (Å²) in [6, 6.07) is -0.0632. The van der Waals surface area contributed by atoms with Gasteiger partial charge in [-0.25, -0.2) is 4.39 Å². The van der Waals surface area contributed by atoms with Crippen LogP contribution in [0.25, 0.3) is 0 Å². The average molecular weight is 197 g/mol. The van der Waals surface area contributed by atoms with E-state index in [0.717, 1.165) is 19.4 Å². The van der Waals surface area contributed by atoms with Gasteiger partial charge in [-0.1, -0.05) is 0 Å². The van der Waals surface area contributed by atoms with Crippen LogP contribution in [0.4, 0.5) is 4.39 Å². The monoisotopic (exact) mass is 197 g/mol. The van der Waals surface area contributed by atoms with Crippen molar-refractivity contribution in [3.8, 4) is 0 Å². The number of rotatable bonds is 2. The minimum absolute atomic E-state index is 0.0632. The van der Waals surface area contributed by atoms with Crippen LogP contribution in [0.1, 0.15) is 25.3 Å². The molecule has 1 fully saturated rings. The van der Waals surface area contributed by atoms with Crippen molar-refractivity contribution in [1.29, 1.82) is 0 Å². The largest absolute Gasteiger partial charge is 0.311 e. The van der Waals surface area contributed by atoms with Gasteiger partial charge < -0.3 is 5.32 Å². The quantitative estimate of drug-likeness (QED) is 0.775. The minimum atomic E-state index is -1.30. The molecule has 1 aliphatic rings. The van der Waals surface area contributed by atoms with E-state index in [0.29, 0.717) is 5.56 Å². The van der Waals surface area contributed by atoms with Gasteiger partial charge >= 0.3 is 0 Å². The number of halogens is 1. The summed E-state index contributed by atoms with van der Waals surface area (Å²) < 4.78 is 16.1. The molecule has 1 N–H and O–H groups in total. The Morgan fingerprint density at radius 3 is 3.00 bits per heavy atom. The van der Waals surface area contributed by atoms with Crippen LogP contribution < -0.4 is 5.32 Å². The van der Waals surface area contributed by atoms with Gasteiger partial charge in [0.2, 0.25) is 0 Å². The minimum Gasteiger partial charge on any atom is -0.311 e. The number of nitrogens with zero attached hydrogens (tertiary/aromatic N) is 2. The predicted molar refractivity (Wildman–Crippen MR) is 52.7 cm³/mol. The first-order chi connectivity index (χ1) is 6.60. The molecule has 78 valence electrons. The normalized spacial score (nSPS) is 26.4. The third-order valence-electron chi connectivity index (χ3n) is 2.98. The van der Waals surface area contributed by atoms with Crippen molar-refractivity contribution in [1.82, 2.24) is 15.1 Å². The Labute approximate surface area is 83.3 Å². The fraction of sp³-hybridized carbons (Fsp3) is 0.700. The second-order valence-corrected chi connectivity index (χ2v) is 4.13. The van der Waals surface area contributed by atoms with Gasteiger partial charge in [0.1, 0.15) is 0 Å². The fourth-order valence-corrected chi connectivity index (χ4v) is 2.02. The van der Waals surface area contributed by atoms with Crippen molar-refractivity contribution in [2.24, 2.45) is 7.05 Å². The molecule has 0 saturated carbocycles. The zero-order chi connectivity index (χ0) is 10.2. The molecule has 2 heterocycles. The van der Waals surface area contributed by atoms with E-state index in [1.165, 1.54) is 0 Å². The number of aryl methyl sites for hydroxylation is 1. The molecule has 0 amide bonds. The van der Waals surface area contributed by atoms with Gasteiger partial charge in [0.25, 0.3) is 0 Å². The van der Waals surface area contributed by atoms with Crippen LogP contribution in [0.2, 0.25) is 0 Å². The molecule has 0 aliphatic carbocycles. The van der Waals surface area contributed by atoms with Gasteiger partial charge in [0, 0.05) is 24.8 Å². The van der Waals surface area contributed by atoms with Crippen LogP contribution in [0, 0.1) is 0 Å². The summed E-state index contributed by atoms with van der Waals surface area (Å²) in [6.07, 6.45) is 5.33. The van der Waals surface area contributed by atoms with Crippen LogP contribution >= 0.6 is 0 Å². The van der Waals surface area contributed by atoms with Crippen LogP contribution in [0.3, 0.4) is 0 Å². The highest BCUT2D eigenvalue weighted by Gasteiger charge is 2.38. The molecular weight excluding hydrogens is 181 g/mol. The van der Waals surface area contributed by atoms with Gasteiger partial charge in [-0.05, 0) is 26.3 Å². The SMILES string of the molecule is Cn1cc(C(C)(F)C2CCCN2)cn1. The van der Waals surface area contributed by atoms with E-state index in [2.05, 4.69) is 10.4 Å². The molecule has 0 aromatic carbocycles. The molecule has 14 heavy (non-hydrogen) atoms. The van der Waals surface area contributed by atoms with Crippen molar-refractivity contribution >= 4 is 0 Å². The van der Waals surface area contributed by atoms with Gasteiger partial charge in [-0.2, -0.15) is 5.10 Å². The molecular formula is C10H16FN3. The molecule has 0 radical (unpaired) electrons. The molecule has 1 aliphatic heterocycles. The van der Waals surface area contributed by atoms with E-state index in [-0.39, 0.29) is 6.04 Å². The van der Waals surface area contributed by atoms with E-state index < -0.39 is 5.67 Å². The van der Waals surface area contributed by atoms with Crippen LogP contribution in [0.15, 0.2) is 12.4 Å². The Bertz CT molecular complexity index is 313. The lowest BCUT2D eigenvalue weighted by molar-refractivity contribution is 0.137. The van der Waals surface area contributed by atoms with E-state index in [1.54, 1.807) is 24.0 Å². The molecule has 4 heteroatoms. The molecule has 2 unspecified atom stereocenters. The molecule has 2 atom stereocenters. The number of aromatic nitrogens is 2. The summed E-state index contributed by atoms with van der Waals surface area (Å²) in [6.45, 7) is 2.55. The third kappa shape index (κ3) is 1.54. The summed E-state index contributed by atoms with van der Waals surface area (Å²) in [4.78, 5) is 0. The smallest absolute Gasteiger partial charge is 0.151 e. The maximum Gasteiger partial charge on any atom is 0.151 e. The number of hydrogen-bond acceptors (Lipinski definition) is 2. The molecule has 0 spiro atoms. The molecule has 1 aromatic heterocycles. The van der Waals surface area contributed by atoms with Gasteiger partial charge in [0.15, 0.2) is 5.67 Å². The predicted octanol–water partition coefficient (Wildman–Crippen LogP) is 1.36. The molecule has 1 saturated heterocycles. The lowest BCUT2D eigenvalue weighted by Crippen LogP contribution is -2.39. The first-order valence-electron chi connectivity index (χ1n) is 5.02. The van der Waals surface area contributed by atoms with Crippen LogP contribution in [-0.2, 0) is 12.7 Å². The van der Waals surface area contributed by atoms with E-state index >= 15 is 0 Å². The van der Waals surface area contributed by atoms with Gasteiger partial charge in [-0.3, -0.25) is 4.68 Å². The van der Waals surface area contributed by atoms with Gasteiger partial charge in [0.05, 0.1) is 6.20 Å². The highest BCUT2D eigenvalue weighted by Crippen LogP contribution is 2.32. The van der Waals surface area contributed by atoms with Crippen LogP contribution in [-0.4, -0.2) is 22.4 Å². The Kier molecular flexibility index (Phi) is 2.31. The van der Waals surface area contributed by atoms with Crippen molar-refractivity contribution in [2.45, 2.75) is 31.5 Å². The van der Waals surface area contributed by atoms with E-state index in [1.807, 2.05) is 7.05 Å². The Hall–Kier alpha value is -0.900. The Balaban J connectivity index is 2.22. The van der Waals surface area contributed by atoms with Crippen molar-refractivity contribution in [3.05, 3.63) is 18.0 Å². The lowest BCUT2D eigenvalue weighted by Gasteiger charge is -2.26. The summed E-state index contributed by atoms with van der Waals surface area (Å²) in [5.41, 5.74) is -0.635. The summed E-state index contributed by atoms with van der Waals surface area (Å²) in [5.74, 6) is 0. The zero-order valence-corrected chi connectivity index (χ0v) is 8.63. The average Bonchev–Trinajstić information content (AvgIpc) is 2.72. The molecule has 3 nitrogen and oxygen atoms in total. The second kappa shape index (κ2) is 3.35. The van der Waals surface area contributed by atoms with Gasteiger partial charge in [-0.15, -0.1) is 0 Å². The number of nitrogens with one attached hydrogen (secondary N) is 1. The van der Waals surface area contributed by atoms with Crippen molar-refractivity contribution in [2.75, 3.05) is 6.54 Å². The number of alkyl halides is 1. The summed E-state index contributed by atoms with van der Waals surface area (Å²) >= 11 is 0. The zero-order valence-electron chi connectivity index (χ0n) is 8.63. The maximum absolute atomic E-state index is 14.4. The maximum atomic E-state index is 14.4. The molecule has 1 aromatic rings.